The lowest BCUT2D eigenvalue weighted by molar-refractivity contribution is -0.122. The summed E-state index contributed by atoms with van der Waals surface area (Å²) in [6, 6.07) is 14.1. The van der Waals surface area contributed by atoms with E-state index < -0.39 is 0 Å². The molecule has 2 aromatic rings. The third-order valence-corrected chi connectivity index (χ3v) is 4.62. The molecule has 0 spiro atoms. The van der Waals surface area contributed by atoms with Crippen LogP contribution in [0.5, 0.6) is 0 Å². The molecular weight excluding hydrogens is 382 g/mol. The third kappa shape index (κ3) is 9.76. The number of carbonyl (C=O) groups excluding carboxylic acids is 3. The van der Waals surface area contributed by atoms with E-state index in [0.29, 0.717) is 65.1 Å². The standard InChI is InChI=1S/C24H31NO5/c1-19(26)10-14-29-13-4-7-23(27)11-15-30-16-12-25-24(28)18-20-8-9-21-5-2-3-6-22(21)17-20/h2-3,5-6,8-9,17H,4,7,10-16,18H2,1H3,(H,25,28). The second-order valence-corrected chi connectivity index (χ2v) is 7.28. The predicted octanol–water partition coefficient (Wildman–Crippen LogP) is 3.25. The molecule has 2 aromatic carbocycles. The fourth-order valence-corrected chi connectivity index (χ4v) is 2.96. The number of hydrogen-bond donors (Lipinski definition) is 1. The number of hydrogen-bond acceptors (Lipinski definition) is 5. The van der Waals surface area contributed by atoms with Crippen molar-refractivity contribution in [3.05, 3.63) is 48.0 Å². The van der Waals surface area contributed by atoms with Crippen molar-refractivity contribution in [2.75, 3.05) is 33.0 Å². The van der Waals surface area contributed by atoms with E-state index >= 15 is 0 Å². The molecule has 0 atom stereocenters. The van der Waals surface area contributed by atoms with Gasteiger partial charge in [-0.25, -0.2) is 0 Å². The Kier molecular flexibility index (Phi) is 10.8. The second-order valence-electron chi connectivity index (χ2n) is 7.28. The molecular formula is C24H31NO5. The van der Waals surface area contributed by atoms with E-state index in [1.165, 1.54) is 6.92 Å². The van der Waals surface area contributed by atoms with Gasteiger partial charge in [0.1, 0.15) is 11.6 Å². The van der Waals surface area contributed by atoms with E-state index in [-0.39, 0.29) is 17.5 Å². The number of amides is 1. The van der Waals surface area contributed by atoms with Crippen LogP contribution in [0.25, 0.3) is 10.8 Å². The van der Waals surface area contributed by atoms with Gasteiger partial charge in [-0.15, -0.1) is 0 Å². The van der Waals surface area contributed by atoms with E-state index in [9.17, 15) is 14.4 Å². The topological polar surface area (TPSA) is 81.7 Å². The maximum Gasteiger partial charge on any atom is 0.224 e. The van der Waals surface area contributed by atoms with Crippen LogP contribution in [0, 0.1) is 0 Å². The van der Waals surface area contributed by atoms with Crippen LogP contribution in [-0.4, -0.2) is 50.4 Å². The monoisotopic (exact) mass is 413 g/mol. The molecule has 0 aliphatic carbocycles. The van der Waals surface area contributed by atoms with E-state index in [1.54, 1.807) is 0 Å². The fraction of sp³-hybridized carbons (Fsp3) is 0.458. The smallest absolute Gasteiger partial charge is 0.224 e. The summed E-state index contributed by atoms with van der Waals surface area (Å²) in [5, 5.41) is 5.12. The summed E-state index contributed by atoms with van der Waals surface area (Å²) in [7, 11) is 0. The van der Waals surface area contributed by atoms with E-state index in [4.69, 9.17) is 9.47 Å². The maximum absolute atomic E-state index is 12.1. The summed E-state index contributed by atoms with van der Waals surface area (Å²) in [5.41, 5.74) is 0.975. The van der Waals surface area contributed by atoms with E-state index in [1.807, 2.05) is 42.5 Å². The van der Waals surface area contributed by atoms with Gasteiger partial charge in [0.25, 0.3) is 0 Å². The molecule has 0 aromatic heterocycles. The van der Waals surface area contributed by atoms with E-state index in [0.717, 1.165) is 16.3 Å². The van der Waals surface area contributed by atoms with Gasteiger partial charge < -0.3 is 14.8 Å². The van der Waals surface area contributed by atoms with Crippen LogP contribution < -0.4 is 5.32 Å². The number of nitrogens with one attached hydrogen (secondary N) is 1. The normalized spacial score (nSPS) is 10.8. The quantitative estimate of drug-likeness (QED) is 0.453. The Morgan fingerprint density at radius 3 is 2.37 bits per heavy atom. The van der Waals surface area contributed by atoms with Gasteiger partial charge in [-0.1, -0.05) is 42.5 Å². The molecule has 6 heteroatoms. The molecule has 0 bridgehead atoms. The summed E-state index contributed by atoms with van der Waals surface area (Å²) in [4.78, 5) is 34.6. The number of ether oxygens (including phenoxy) is 2. The lowest BCUT2D eigenvalue weighted by Crippen LogP contribution is -2.28. The van der Waals surface area contributed by atoms with Crippen molar-refractivity contribution in [3.8, 4) is 0 Å². The number of rotatable bonds is 15. The minimum Gasteiger partial charge on any atom is -0.381 e. The third-order valence-electron chi connectivity index (χ3n) is 4.62. The zero-order valence-electron chi connectivity index (χ0n) is 17.7. The average Bonchev–Trinajstić information content (AvgIpc) is 2.72. The van der Waals surface area contributed by atoms with Crippen LogP contribution in [0.15, 0.2) is 42.5 Å². The Labute approximate surface area is 177 Å². The molecule has 30 heavy (non-hydrogen) atoms. The molecule has 1 N–H and O–H groups in total. The lowest BCUT2D eigenvalue weighted by Gasteiger charge is -2.07. The van der Waals surface area contributed by atoms with Gasteiger partial charge in [0.2, 0.25) is 5.91 Å². The second kappa shape index (κ2) is 13.6. The van der Waals surface area contributed by atoms with Crippen molar-refractivity contribution in [1.82, 2.24) is 5.32 Å². The molecule has 2 rings (SSSR count). The van der Waals surface area contributed by atoms with Crippen molar-refractivity contribution in [1.29, 1.82) is 0 Å². The van der Waals surface area contributed by atoms with Crippen LogP contribution in [0.2, 0.25) is 0 Å². The first-order valence-corrected chi connectivity index (χ1v) is 10.5. The summed E-state index contributed by atoms with van der Waals surface area (Å²) in [6.07, 6.45) is 2.21. The first-order chi connectivity index (χ1) is 14.5. The van der Waals surface area contributed by atoms with Gasteiger partial charge in [-0.3, -0.25) is 14.4 Å². The molecule has 0 radical (unpaired) electrons. The molecule has 1 amide bonds. The molecule has 0 aliphatic heterocycles. The lowest BCUT2D eigenvalue weighted by atomic mass is 10.1. The van der Waals surface area contributed by atoms with Crippen molar-refractivity contribution < 1.29 is 23.9 Å². The largest absolute Gasteiger partial charge is 0.381 e. The highest BCUT2D eigenvalue weighted by molar-refractivity contribution is 5.85. The first kappa shape index (κ1) is 23.7. The van der Waals surface area contributed by atoms with Gasteiger partial charge in [-0.05, 0) is 29.7 Å². The van der Waals surface area contributed by atoms with Crippen molar-refractivity contribution in [2.24, 2.45) is 0 Å². The summed E-state index contributed by atoms with van der Waals surface area (Å²) in [5.74, 6) is 0.188. The van der Waals surface area contributed by atoms with Crippen molar-refractivity contribution in [3.63, 3.8) is 0 Å². The number of benzene rings is 2. The predicted molar refractivity (Wildman–Crippen MR) is 116 cm³/mol. The Morgan fingerprint density at radius 2 is 1.57 bits per heavy atom. The van der Waals surface area contributed by atoms with Crippen LogP contribution >= 0.6 is 0 Å². The Morgan fingerprint density at radius 1 is 0.833 bits per heavy atom. The van der Waals surface area contributed by atoms with Crippen molar-refractivity contribution in [2.45, 2.75) is 39.0 Å². The summed E-state index contributed by atoms with van der Waals surface area (Å²) in [6.45, 7) is 3.59. The molecule has 0 aliphatic rings. The number of carbonyl (C=O) groups is 3. The van der Waals surface area contributed by atoms with E-state index in [2.05, 4.69) is 5.32 Å². The highest BCUT2D eigenvalue weighted by Gasteiger charge is 2.05. The van der Waals surface area contributed by atoms with Crippen LogP contribution in [0.1, 0.15) is 38.2 Å². The number of fused-ring (bicyclic) bond motifs is 1. The summed E-state index contributed by atoms with van der Waals surface area (Å²) < 4.78 is 10.7. The Bertz CT molecular complexity index is 833. The van der Waals surface area contributed by atoms with Crippen LogP contribution in [0.3, 0.4) is 0 Å². The van der Waals surface area contributed by atoms with Gasteiger partial charge in [-0.2, -0.15) is 0 Å². The molecule has 0 saturated heterocycles. The van der Waals surface area contributed by atoms with Crippen molar-refractivity contribution >= 4 is 28.2 Å². The highest BCUT2D eigenvalue weighted by atomic mass is 16.5. The molecule has 6 nitrogen and oxygen atoms in total. The molecule has 0 fully saturated rings. The van der Waals surface area contributed by atoms with Gasteiger partial charge in [0.05, 0.1) is 26.2 Å². The van der Waals surface area contributed by atoms with Gasteiger partial charge in [0.15, 0.2) is 0 Å². The molecule has 0 saturated carbocycles. The Hall–Kier alpha value is -2.57. The average molecular weight is 414 g/mol. The summed E-state index contributed by atoms with van der Waals surface area (Å²) >= 11 is 0. The number of ketones is 2. The molecule has 162 valence electrons. The fourth-order valence-electron chi connectivity index (χ4n) is 2.96. The van der Waals surface area contributed by atoms with Crippen LogP contribution in [0.4, 0.5) is 0 Å². The molecule has 0 heterocycles. The molecule has 0 unspecified atom stereocenters. The number of Topliss-reactive ketones (excluding diaryl/α,β-unsaturated/α-hetero) is 2. The SMILES string of the molecule is CC(=O)CCOCCCC(=O)CCOCCNC(=O)Cc1ccc2ccccc2c1. The minimum atomic E-state index is -0.0465. The first-order valence-electron chi connectivity index (χ1n) is 10.5. The maximum atomic E-state index is 12.1. The Balaban J connectivity index is 1.48. The van der Waals surface area contributed by atoms with Gasteiger partial charge >= 0.3 is 0 Å². The highest BCUT2D eigenvalue weighted by Crippen LogP contribution is 2.15. The minimum absolute atomic E-state index is 0.0465. The van der Waals surface area contributed by atoms with Gasteiger partial charge in [0, 0.05) is 32.4 Å². The van der Waals surface area contributed by atoms with Crippen LogP contribution in [-0.2, 0) is 30.3 Å². The zero-order chi connectivity index (χ0) is 21.6. The zero-order valence-corrected chi connectivity index (χ0v) is 17.7.